The van der Waals surface area contributed by atoms with Crippen LogP contribution in [0.5, 0.6) is 5.75 Å². The molecule has 2 aromatic rings. The average molecular weight is 215 g/mol. The summed E-state index contributed by atoms with van der Waals surface area (Å²) in [6.45, 7) is 6.63. The van der Waals surface area contributed by atoms with E-state index in [-0.39, 0.29) is 5.41 Å². The van der Waals surface area contributed by atoms with E-state index in [1.807, 2.05) is 12.1 Å². The molecule has 0 aliphatic heterocycles. The van der Waals surface area contributed by atoms with Gasteiger partial charge in [0.15, 0.2) is 0 Å². The van der Waals surface area contributed by atoms with E-state index in [0.717, 1.165) is 11.3 Å². The molecule has 1 aromatic carbocycles. The predicted octanol–water partition coefficient (Wildman–Crippen LogP) is 3.54. The number of hydrogen-bond acceptors (Lipinski definition) is 2. The van der Waals surface area contributed by atoms with Crippen LogP contribution in [0.4, 0.5) is 0 Å². The van der Waals surface area contributed by atoms with Gasteiger partial charge in [0, 0.05) is 11.6 Å². The van der Waals surface area contributed by atoms with Gasteiger partial charge in [-0.25, -0.2) is 0 Å². The van der Waals surface area contributed by atoms with Crippen molar-refractivity contribution in [1.29, 1.82) is 0 Å². The molecule has 2 rings (SSSR count). The van der Waals surface area contributed by atoms with Crippen LogP contribution in [0.15, 0.2) is 30.5 Å². The molecular weight excluding hydrogens is 198 g/mol. The Balaban J connectivity index is 2.80. The fourth-order valence-corrected chi connectivity index (χ4v) is 1.97. The van der Waals surface area contributed by atoms with E-state index in [4.69, 9.17) is 4.74 Å². The second kappa shape index (κ2) is 3.78. The molecule has 0 saturated carbocycles. The van der Waals surface area contributed by atoms with Crippen molar-refractivity contribution in [3.8, 4) is 5.75 Å². The van der Waals surface area contributed by atoms with Crippen LogP contribution in [0.3, 0.4) is 0 Å². The molecule has 0 aliphatic carbocycles. The molecule has 0 fully saturated rings. The molecule has 1 heterocycles. The van der Waals surface area contributed by atoms with E-state index in [9.17, 15) is 0 Å². The summed E-state index contributed by atoms with van der Waals surface area (Å²) in [6.07, 6.45) is 1.80. The minimum atomic E-state index is 0.119. The van der Waals surface area contributed by atoms with E-state index < -0.39 is 0 Å². The third-order valence-electron chi connectivity index (χ3n) is 2.76. The minimum Gasteiger partial charge on any atom is -0.494 e. The van der Waals surface area contributed by atoms with Gasteiger partial charge in [-0.3, -0.25) is 4.98 Å². The van der Waals surface area contributed by atoms with Crippen LogP contribution in [-0.4, -0.2) is 12.1 Å². The number of nitrogens with zero attached hydrogens (tertiary/aromatic N) is 1. The van der Waals surface area contributed by atoms with Crippen molar-refractivity contribution in [2.24, 2.45) is 0 Å². The Morgan fingerprint density at radius 3 is 2.50 bits per heavy atom. The molecule has 0 bridgehead atoms. The molecule has 2 heteroatoms. The summed E-state index contributed by atoms with van der Waals surface area (Å²) < 4.78 is 5.33. The summed E-state index contributed by atoms with van der Waals surface area (Å²) in [5, 5.41) is 1.18. The van der Waals surface area contributed by atoms with Gasteiger partial charge < -0.3 is 4.74 Å². The Labute approximate surface area is 96.3 Å². The summed E-state index contributed by atoms with van der Waals surface area (Å²) in [7, 11) is 1.68. The van der Waals surface area contributed by atoms with Gasteiger partial charge in [0.1, 0.15) is 11.3 Å². The first kappa shape index (κ1) is 10.9. The SMILES string of the molecule is COc1ccc(C(C)(C)C)c2cccnc12. The number of rotatable bonds is 1. The highest BCUT2D eigenvalue weighted by molar-refractivity contribution is 5.88. The topological polar surface area (TPSA) is 22.1 Å². The van der Waals surface area contributed by atoms with E-state index >= 15 is 0 Å². The molecule has 0 unspecified atom stereocenters. The Bertz CT molecular complexity index is 512. The van der Waals surface area contributed by atoms with E-state index in [0.29, 0.717) is 0 Å². The van der Waals surface area contributed by atoms with Crippen molar-refractivity contribution in [3.05, 3.63) is 36.0 Å². The first-order chi connectivity index (χ1) is 7.54. The lowest BCUT2D eigenvalue weighted by molar-refractivity contribution is 0.418. The van der Waals surface area contributed by atoms with Crippen LogP contribution in [-0.2, 0) is 5.41 Å². The summed E-state index contributed by atoms with van der Waals surface area (Å²) >= 11 is 0. The summed E-state index contributed by atoms with van der Waals surface area (Å²) in [4.78, 5) is 4.40. The van der Waals surface area contributed by atoms with Gasteiger partial charge in [0.05, 0.1) is 7.11 Å². The van der Waals surface area contributed by atoms with Crippen molar-refractivity contribution in [3.63, 3.8) is 0 Å². The van der Waals surface area contributed by atoms with Gasteiger partial charge in [-0.1, -0.05) is 32.9 Å². The van der Waals surface area contributed by atoms with Gasteiger partial charge in [-0.05, 0) is 23.1 Å². The Hall–Kier alpha value is -1.57. The molecule has 84 valence electrons. The van der Waals surface area contributed by atoms with E-state index in [2.05, 4.69) is 37.9 Å². The highest BCUT2D eigenvalue weighted by Gasteiger charge is 2.18. The van der Waals surface area contributed by atoms with Crippen molar-refractivity contribution >= 4 is 10.9 Å². The normalized spacial score (nSPS) is 11.8. The smallest absolute Gasteiger partial charge is 0.145 e. The van der Waals surface area contributed by atoms with Crippen molar-refractivity contribution in [1.82, 2.24) is 4.98 Å². The van der Waals surface area contributed by atoms with Crippen LogP contribution in [0.25, 0.3) is 10.9 Å². The molecular formula is C14H17NO. The van der Waals surface area contributed by atoms with Gasteiger partial charge in [-0.15, -0.1) is 0 Å². The second-order valence-corrected chi connectivity index (χ2v) is 4.96. The van der Waals surface area contributed by atoms with Crippen LogP contribution < -0.4 is 4.74 Å². The number of pyridine rings is 1. The van der Waals surface area contributed by atoms with Gasteiger partial charge in [0.25, 0.3) is 0 Å². The van der Waals surface area contributed by atoms with E-state index in [1.165, 1.54) is 10.9 Å². The second-order valence-electron chi connectivity index (χ2n) is 4.96. The Morgan fingerprint density at radius 1 is 1.12 bits per heavy atom. The molecule has 0 N–H and O–H groups in total. The molecule has 0 spiro atoms. The highest BCUT2D eigenvalue weighted by Crippen LogP contribution is 2.33. The highest BCUT2D eigenvalue weighted by atomic mass is 16.5. The quantitative estimate of drug-likeness (QED) is 0.726. The molecule has 16 heavy (non-hydrogen) atoms. The van der Waals surface area contributed by atoms with Crippen LogP contribution >= 0.6 is 0 Å². The molecule has 2 nitrogen and oxygen atoms in total. The van der Waals surface area contributed by atoms with Gasteiger partial charge in [0.2, 0.25) is 0 Å². The summed E-state index contributed by atoms with van der Waals surface area (Å²) in [5.41, 5.74) is 2.36. The van der Waals surface area contributed by atoms with Gasteiger partial charge in [-0.2, -0.15) is 0 Å². The maximum Gasteiger partial charge on any atom is 0.145 e. The lowest BCUT2D eigenvalue weighted by atomic mass is 9.84. The fourth-order valence-electron chi connectivity index (χ4n) is 1.97. The van der Waals surface area contributed by atoms with Crippen molar-refractivity contribution < 1.29 is 4.74 Å². The molecule has 0 saturated heterocycles. The molecule has 0 amide bonds. The van der Waals surface area contributed by atoms with Crippen LogP contribution in [0, 0.1) is 0 Å². The first-order valence-electron chi connectivity index (χ1n) is 5.46. The number of aromatic nitrogens is 1. The maximum atomic E-state index is 5.33. The standard InChI is InChI=1S/C14H17NO/c1-14(2,3)11-7-8-12(16-4)13-10(11)6-5-9-15-13/h5-9H,1-4H3. The monoisotopic (exact) mass is 215 g/mol. The van der Waals surface area contributed by atoms with Crippen LogP contribution in [0.2, 0.25) is 0 Å². The molecule has 0 aliphatic rings. The van der Waals surface area contributed by atoms with E-state index in [1.54, 1.807) is 13.3 Å². The van der Waals surface area contributed by atoms with Crippen molar-refractivity contribution in [2.45, 2.75) is 26.2 Å². The lowest BCUT2D eigenvalue weighted by Crippen LogP contribution is -2.11. The third kappa shape index (κ3) is 1.75. The average Bonchev–Trinajstić information content (AvgIpc) is 2.26. The maximum absolute atomic E-state index is 5.33. The number of hydrogen-bond donors (Lipinski definition) is 0. The number of methoxy groups -OCH3 is 1. The zero-order chi connectivity index (χ0) is 11.8. The zero-order valence-corrected chi connectivity index (χ0v) is 10.2. The van der Waals surface area contributed by atoms with Gasteiger partial charge >= 0.3 is 0 Å². The predicted molar refractivity (Wildman–Crippen MR) is 67.0 cm³/mol. The lowest BCUT2D eigenvalue weighted by Gasteiger charge is -2.21. The Morgan fingerprint density at radius 2 is 1.88 bits per heavy atom. The Kier molecular flexibility index (Phi) is 2.58. The van der Waals surface area contributed by atoms with Crippen molar-refractivity contribution in [2.75, 3.05) is 7.11 Å². The molecule has 1 aromatic heterocycles. The summed E-state index contributed by atoms with van der Waals surface area (Å²) in [6, 6.07) is 8.20. The first-order valence-corrected chi connectivity index (χ1v) is 5.46. The summed E-state index contributed by atoms with van der Waals surface area (Å²) in [5.74, 6) is 0.837. The third-order valence-corrected chi connectivity index (χ3v) is 2.76. The molecule has 0 atom stereocenters. The largest absolute Gasteiger partial charge is 0.494 e. The number of fused-ring (bicyclic) bond motifs is 1. The minimum absolute atomic E-state index is 0.119. The number of benzene rings is 1. The zero-order valence-electron chi connectivity index (χ0n) is 10.2. The number of ether oxygens (including phenoxy) is 1. The molecule has 0 radical (unpaired) electrons. The van der Waals surface area contributed by atoms with Crippen LogP contribution in [0.1, 0.15) is 26.3 Å². The fraction of sp³-hybridized carbons (Fsp3) is 0.357.